The van der Waals surface area contributed by atoms with Crippen molar-refractivity contribution in [3.63, 3.8) is 0 Å². The number of Topliss-reactive ketones (excluding diaryl/α,β-unsaturated/α-hetero) is 1. The van der Waals surface area contributed by atoms with Crippen LogP contribution in [-0.4, -0.2) is 30.9 Å². The number of aryl methyl sites for hydroxylation is 1. The van der Waals surface area contributed by atoms with Gasteiger partial charge in [-0.1, -0.05) is 32.0 Å². The van der Waals surface area contributed by atoms with Crippen molar-refractivity contribution in [1.29, 1.82) is 0 Å². The van der Waals surface area contributed by atoms with Crippen molar-refractivity contribution in [2.24, 2.45) is 5.92 Å². The Bertz CT molecular complexity index is 843. The summed E-state index contributed by atoms with van der Waals surface area (Å²) >= 11 is 0. The van der Waals surface area contributed by atoms with E-state index in [1.54, 1.807) is 24.3 Å². The molecule has 6 nitrogen and oxygen atoms in total. The van der Waals surface area contributed by atoms with E-state index in [1.807, 2.05) is 45.0 Å². The number of anilines is 1. The highest BCUT2D eigenvalue weighted by Crippen LogP contribution is 2.16. The van der Waals surface area contributed by atoms with E-state index >= 15 is 0 Å². The predicted octanol–water partition coefficient (Wildman–Crippen LogP) is 4.17. The maximum absolute atomic E-state index is 12.2. The first-order valence-electron chi connectivity index (χ1n) is 9.62. The van der Waals surface area contributed by atoms with Gasteiger partial charge in [0.1, 0.15) is 5.75 Å². The van der Waals surface area contributed by atoms with Crippen LogP contribution in [0.4, 0.5) is 5.69 Å². The fourth-order valence-electron chi connectivity index (χ4n) is 2.59. The quantitative estimate of drug-likeness (QED) is 0.481. The number of nitrogens with one attached hydrogen (secondary N) is 1. The van der Waals surface area contributed by atoms with Crippen molar-refractivity contribution >= 4 is 23.3 Å². The Morgan fingerprint density at radius 2 is 1.69 bits per heavy atom. The Balaban J connectivity index is 1.73. The van der Waals surface area contributed by atoms with Crippen molar-refractivity contribution in [1.82, 2.24) is 0 Å². The first-order chi connectivity index (χ1) is 13.8. The molecule has 6 heteroatoms. The van der Waals surface area contributed by atoms with Crippen LogP contribution in [0.3, 0.4) is 0 Å². The second kappa shape index (κ2) is 11.0. The minimum absolute atomic E-state index is 0.0580. The SMILES string of the molecule is Cc1ccccc1OCCC(=O)OCC(=O)c1ccc(NC(=O)CC(C)C)cc1. The second-order valence-electron chi connectivity index (χ2n) is 7.17. The van der Waals surface area contributed by atoms with Gasteiger partial charge in [-0.3, -0.25) is 14.4 Å². The molecule has 2 aromatic rings. The summed E-state index contributed by atoms with van der Waals surface area (Å²) in [6, 6.07) is 14.0. The first-order valence-corrected chi connectivity index (χ1v) is 9.62. The van der Waals surface area contributed by atoms with E-state index in [2.05, 4.69) is 5.32 Å². The van der Waals surface area contributed by atoms with Gasteiger partial charge in [0.2, 0.25) is 5.91 Å². The summed E-state index contributed by atoms with van der Waals surface area (Å²) in [7, 11) is 0. The van der Waals surface area contributed by atoms with Crippen LogP contribution in [0.15, 0.2) is 48.5 Å². The second-order valence-corrected chi connectivity index (χ2v) is 7.17. The van der Waals surface area contributed by atoms with Gasteiger partial charge in [-0.15, -0.1) is 0 Å². The molecule has 0 aliphatic heterocycles. The van der Waals surface area contributed by atoms with Crippen LogP contribution in [0.25, 0.3) is 0 Å². The maximum atomic E-state index is 12.2. The normalized spacial score (nSPS) is 10.5. The average molecular weight is 397 g/mol. The molecular formula is C23H27NO5. The lowest BCUT2D eigenvalue weighted by molar-refractivity contribution is -0.143. The number of para-hydroxylation sites is 1. The lowest BCUT2D eigenvalue weighted by atomic mass is 10.1. The van der Waals surface area contributed by atoms with Crippen molar-refractivity contribution in [3.8, 4) is 5.75 Å². The van der Waals surface area contributed by atoms with Crippen molar-refractivity contribution < 1.29 is 23.9 Å². The van der Waals surface area contributed by atoms with Crippen molar-refractivity contribution in [3.05, 3.63) is 59.7 Å². The smallest absolute Gasteiger partial charge is 0.309 e. The van der Waals surface area contributed by atoms with Gasteiger partial charge in [0, 0.05) is 17.7 Å². The highest BCUT2D eigenvalue weighted by Gasteiger charge is 2.11. The number of amides is 1. The molecule has 0 aliphatic carbocycles. The lowest BCUT2D eigenvalue weighted by Crippen LogP contribution is -2.16. The molecule has 2 aromatic carbocycles. The molecule has 0 fully saturated rings. The van der Waals surface area contributed by atoms with Crippen LogP contribution in [-0.2, 0) is 14.3 Å². The number of ketones is 1. The molecule has 2 rings (SSSR count). The summed E-state index contributed by atoms with van der Waals surface area (Å²) in [5.74, 6) is 0.119. The van der Waals surface area contributed by atoms with Crippen LogP contribution < -0.4 is 10.1 Å². The zero-order valence-corrected chi connectivity index (χ0v) is 17.1. The molecule has 0 radical (unpaired) electrons. The van der Waals surface area contributed by atoms with Gasteiger partial charge in [0.15, 0.2) is 12.4 Å². The summed E-state index contributed by atoms with van der Waals surface area (Å²) in [5.41, 5.74) is 2.02. The van der Waals surface area contributed by atoms with Crippen LogP contribution in [0.2, 0.25) is 0 Å². The fraction of sp³-hybridized carbons (Fsp3) is 0.348. The van der Waals surface area contributed by atoms with Gasteiger partial charge >= 0.3 is 5.97 Å². The number of rotatable bonds is 10. The number of hydrogen-bond acceptors (Lipinski definition) is 5. The van der Waals surface area contributed by atoms with Gasteiger partial charge in [-0.05, 0) is 48.7 Å². The Labute approximate surface area is 171 Å². The number of benzene rings is 2. The topological polar surface area (TPSA) is 81.7 Å². The molecule has 1 amide bonds. The minimum atomic E-state index is -0.496. The Morgan fingerprint density at radius 3 is 2.34 bits per heavy atom. The summed E-state index contributed by atoms with van der Waals surface area (Å²) in [5, 5.41) is 2.78. The Hall–Kier alpha value is -3.15. The predicted molar refractivity (Wildman–Crippen MR) is 111 cm³/mol. The van der Waals surface area contributed by atoms with E-state index in [0.29, 0.717) is 17.7 Å². The molecule has 154 valence electrons. The molecule has 0 spiro atoms. The highest BCUT2D eigenvalue weighted by atomic mass is 16.5. The van der Waals surface area contributed by atoms with Crippen LogP contribution in [0, 0.1) is 12.8 Å². The monoisotopic (exact) mass is 397 g/mol. The lowest BCUT2D eigenvalue weighted by Gasteiger charge is -2.09. The van der Waals surface area contributed by atoms with E-state index in [-0.39, 0.29) is 37.2 Å². The molecule has 29 heavy (non-hydrogen) atoms. The van der Waals surface area contributed by atoms with E-state index in [4.69, 9.17) is 9.47 Å². The summed E-state index contributed by atoms with van der Waals surface area (Å²) in [6.45, 7) is 5.72. The number of carbonyl (C=O) groups excluding carboxylic acids is 3. The van der Waals surface area contributed by atoms with E-state index in [9.17, 15) is 14.4 Å². The fourth-order valence-corrected chi connectivity index (χ4v) is 2.59. The summed E-state index contributed by atoms with van der Waals surface area (Å²) in [6.07, 6.45) is 0.493. The third kappa shape index (κ3) is 7.78. The largest absolute Gasteiger partial charge is 0.493 e. The van der Waals surface area contributed by atoms with Crippen molar-refractivity contribution in [2.75, 3.05) is 18.5 Å². The van der Waals surface area contributed by atoms with Gasteiger partial charge < -0.3 is 14.8 Å². The van der Waals surface area contributed by atoms with Crippen LogP contribution in [0.1, 0.15) is 42.6 Å². The molecule has 0 bridgehead atoms. The van der Waals surface area contributed by atoms with Gasteiger partial charge in [-0.2, -0.15) is 0 Å². The maximum Gasteiger partial charge on any atom is 0.309 e. The zero-order valence-electron chi connectivity index (χ0n) is 17.1. The average Bonchev–Trinajstić information content (AvgIpc) is 2.67. The number of carbonyl (C=O) groups is 3. The third-order valence-corrected chi connectivity index (χ3v) is 4.11. The van der Waals surface area contributed by atoms with Crippen LogP contribution in [0.5, 0.6) is 5.75 Å². The molecule has 0 unspecified atom stereocenters. The highest BCUT2D eigenvalue weighted by molar-refractivity contribution is 5.98. The molecule has 0 saturated carbocycles. The minimum Gasteiger partial charge on any atom is -0.493 e. The van der Waals surface area contributed by atoms with Gasteiger partial charge in [-0.25, -0.2) is 0 Å². The van der Waals surface area contributed by atoms with E-state index in [1.165, 1.54) is 0 Å². The van der Waals surface area contributed by atoms with Gasteiger partial charge in [0.25, 0.3) is 0 Å². The van der Waals surface area contributed by atoms with E-state index < -0.39 is 5.97 Å². The molecule has 0 atom stereocenters. The van der Waals surface area contributed by atoms with E-state index in [0.717, 1.165) is 11.3 Å². The molecule has 0 aromatic heterocycles. The summed E-state index contributed by atoms with van der Waals surface area (Å²) < 4.78 is 10.6. The standard InChI is InChI=1S/C23H27NO5/c1-16(2)14-22(26)24-19-10-8-18(9-11-19)20(25)15-29-23(27)12-13-28-21-7-5-4-6-17(21)3/h4-11,16H,12-15H2,1-3H3,(H,24,26). The molecule has 0 saturated heterocycles. The van der Waals surface area contributed by atoms with Crippen molar-refractivity contribution in [2.45, 2.75) is 33.6 Å². The molecule has 0 aliphatic rings. The van der Waals surface area contributed by atoms with Crippen LogP contribution >= 0.6 is 0 Å². The van der Waals surface area contributed by atoms with Gasteiger partial charge in [0.05, 0.1) is 13.0 Å². The first kappa shape index (κ1) is 22.1. The number of hydrogen-bond donors (Lipinski definition) is 1. The number of esters is 1. The Kier molecular flexibility index (Phi) is 8.40. The zero-order chi connectivity index (χ0) is 21.2. The number of ether oxygens (including phenoxy) is 2. The molecule has 0 heterocycles. The summed E-state index contributed by atoms with van der Waals surface area (Å²) in [4.78, 5) is 35.8. The molecule has 1 N–H and O–H groups in total. The Morgan fingerprint density at radius 1 is 1.00 bits per heavy atom. The third-order valence-electron chi connectivity index (χ3n) is 4.11. The molecular weight excluding hydrogens is 370 g/mol.